The minimum atomic E-state index is -1.30. The van der Waals surface area contributed by atoms with E-state index in [4.69, 9.17) is 10.2 Å². The topological polar surface area (TPSA) is 105 Å². The summed E-state index contributed by atoms with van der Waals surface area (Å²) in [7, 11) is 0. The minimum absolute atomic E-state index is 0.0229. The Labute approximate surface area is 208 Å². The predicted molar refractivity (Wildman–Crippen MR) is 131 cm³/mol. The molecular formula is C25H33F3N4O4. The average Bonchev–Trinajstić information content (AvgIpc) is 2.82. The van der Waals surface area contributed by atoms with Gasteiger partial charge in [0.2, 0.25) is 5.91 Å². The molecule has 36 heavy (non-hydrogen) atoms. The molecule has 11 heteroatoms. The largest absolute Gasteiger partial charge is 0.395 e. The number of amides is 2. The van der Waals surface area contributed by atoms with Crippen LogP contribution in [0.15, 0.2) is 30.3 Å². The van der Waals surface area contributed by atoms with Gasteiger partial charge in [-0.15, -0.1) is 0 Å². The van der Waals surface area contributed by atoms with Crippen molar-refractivity contribution in [2.75, 3.05) is 51.3 Å². The molecule has 0 bridgehead atoms. The number of hydrogen-bond donors (Lipinski definition) is 4. The fourth-order valence-electron chi connectivity index (χ4n) is 3.64. The first-order chi connectivity index (χ1) is 17.2. The summed E-state index contributed by atoms with van der Waals surface area (Å²) in [5.41, 5.74) is -0.0959. The number of benzene rings is 2. The molecule has 1 heterocycles. The zero-order valence-electron chi connectivity index (χ0n) is 20.7. The Morgan fingerprint density at radius 3 is 2.25 bits per heavy atom. The summed E-state index contributed by atoms with van der Waals surface area (Å²) in [6, 6.07) is 5.81. The van der Waals surface area contributed by atoms with Crippen LogP contribution in [-0.4, -0.2) is 83.8 Å². The molecule has 1 saturated heterocycles. The van der Waals surface area contributed by atoms with Crippen molar-refractivity contribution in [2.24, 2.45) is 0 Å². The first-order valence-corrected chi connectivity index (χ1v) is 11.8. The van der Waals surface area contributed by atoms with Crippen molar-refractivity contribution in [2.45, 2.75) is 26.8 Å². The summed E-state index contributed by atoms with van der Waals surface area (Å²) in [5, 5.41) is 23.3. The highest BCUT2D eigenvalue weighted by Gasteiger charge is 2.34. The number of hydrogen-bond acceptors (Lipinski definition) is 6. The minimum Gasteiger partial charge on any atom is -0.395 e. The Kier molecular flexibility index (Phi) is 11.2. The molecule has 0 aliphatic carbocycles. The van der Waals surface area contributed by atoms with Crippen LogP contribution in [0.2, 0.25) is 0 Å². The van der Waals surface area contributed by atoms with E-state index in [0.29, 0.717) is 5.56 Å². The van der Waals surface area contributed by atoms with E-state index in [0.717, 1.165) is 12.1 Å². The van der Waals surface area contributed by atoms with E-state index in [9.17, 15) is 22.8 Å². The van der Waals surface area contributed by atoms with Crippen LogP contribution in [-0.2, 0) is 4.79 Å². The molecule has 1 aliphatic heterocycles. The molecule has 8 nitrogen and oxygen atoms in total. The average molecular weight is 511 g/mol. The molecule has 0 atom stereocenters. The van der Waals surface area contributed by atoms with Crippen LogP contribution >= 0.6 is 0 Å². The van der Waals surface area contributed by atoms with Gasteiger partial charge in [0.05, 0.1) is 42.7 Å². The first-order valence-electron chi connectivity index (χ1n) is 11.8. The van der Waals surface area contributed by atoms with Crippen LogP contribution < -0.4 is 10.6 Å². The third-order valence-electron chi connectivity index (χ3n) is 5.44. The summed E-state index contributed by atoms with van der Waals surface area (Å²) >= 11 is 0. The van der Waals surface area contributed by atoms with E-state index in [2.05, 4.69) is 10.6 Å². The number of aryl methyl sites for hydroxylation is 1. The van der Waals surface area contributed by atoms with E-state index < -0.39 is 29.0 Å². The standard InChI is InChI=1S/C23H27F3N4O4.C2H6/c1-14-2-5-19(18(25)10-14)28-22-16(3-4-17(24)21(22)26)23(34)30-11-15(12-30)27-20(33)13-29(6-8-31)7-9-32;1-2/h2-5,10,15,28,31-32H,6-9,11-13H2,1H3,(H,27,33);1-2H3. The normalized spacial score (nSPS) is 13.1. The van der Waals surface area contributed by atoms with Crippen molar-refractivity contribution in [3.63, 3.8) is 0 Å². The Morgan fingerprint density at radius 2 is 1.67 bits per heavy atom. The van der Waals surface area contributed by atoms with Crippen molar-refractivity contribution < 1.29 is 33.0 Å². The third-order valence-corrected chi connectivity index (χ3v) is 5.44. The molecule has 0 unspecified atom stereocenters. The van der Waals surface area contributed by atoms with Gasteiger partial charge in [0.1, 0.15) is 5.82 Å². The lowest BCUT2D eigenvalue weighted by atomic mass is 10.0. The molecular weight excluding hydrogens is 477 g/mol. The second-order valence-electron chi connectivity index (χ2n) is 8.09. The quantitative estimate of drug-likeness (QED) is 0.391. The SMILES string of the molecule is CC.Cc1ccc(Nc2c(C(=O)N3CC(NC(=O)CN(CCO)CCO)C3)ccc(F)c2F)c(F)c1. The molecule has 1 aliphatic rings. The van der Waals surface area contributed by atoms with Crippen LogP contribution in [0, 0.1) is 24.4 Å². The maximum atomic E-state index is 14.6. The van der Waals surface area contributed by atoms with Gasteiger partial charge in [0.25, 0.3) is 5.91 Å². The van der Waals surface area contributed by atoms with E-state index >= 15 is 0 Å². The molecule has 2 aromatic rings. The van der Waals surface area contributed by atoms with E-state index in [1.807, 2.05) is 13.8 Å². The predicted octanol–water partition coefficient (Wildman–Crippen LogP) is 2.41. The van der Waals surface area contributed by atoms with Crippen molar-refractivity contribution in [3.8, 4) is 0 Å². The van der Waals surface area contributed by atoms with Gasteiger partial charge in [-0.1, -0.05) is 19.9 Å². The van der Waals surface area contributed by atoms with Crippen LogP contribution in [0.1, 0.15) is 29.8 Å². The van der Waals surface area contributed by atoms with E-state index in [-0.39, 0.29) is 69.1 Å². The van der Waals surface area contributed by atoms with Gasteiger partial charge >= 0.3 is 0 Å². The Balaban J connectivity index is 0.00000222. The zero-order valence-corrected chi connectivity index (χ0v) is 20.7. The monoisotopic (exact) mass is 510 g/mol. The van der Waals surface area contributed by atoms with Gasteiger partial charge in [-0.05, 0) is 36.8 Å². The smallest absolute Gasteiger partial charge is 0.256 e. The number of anilines is 2. The molecule has 0 aromatic heterocycles. The molecule has 4 N–H and O–H groups in total. The number of rotatable bonds is 10. The van der Waals surface area contributed by atoms with Gasteiger partial charge < -0.3 is 25.7 Å². The van der Waals surface area contributed by atoms with Gasteiger partial charge in [-0.25, -0.2) is 13.2 Å². The number of likely N-dealkylation sites (tertiary alicyclic amines) is 1. The highest BCUT2D eigenvalue weighted by Crippen LogP contribution is 2.30. The van der Waals surface area contributed by atoms with Gasteiger partial charge in [-0.3, -0.25) is 14.5 Å². The maximum Gasteiger partial charge on any atom is 0.256 e. The molecule has 198 valence electrons. The highest BCUT2D eigenvalue weighted by atomic mass is 19.2. The molecule has 3 rings (SSSR count). The van der Waals surface area contributed by atoms with Crippen LogP contribution in [0.5, 0.6) is 0 Å². The number of carbonyl (C=O) groups is 2. The summed E-state index contributed by atoms with van der Waals surface area (Å²) in [5.74, 6) is -4.09. The molecule has 0 saturated carbocycles. The molecule has 0 radical (unpaired) electrons. The van der Waals surface area contributed by atoms with Crippen molar-refractivity contribution in [1.29, 1.82) is 0 Å². The van der Waals surface area contributed by atoms with Crippen molar-refractivity contribution in [3.05, 3.63) is 58.9 Å². The lowest BCUT2D eigenvalue weighted by molar-refractivity contribution is -0.124. The van der Waals surface area contributed by atoms with Crippen molar-refractivity contribution >= 4 is 23.2 Å². The lowest BCUT2D eigenvalue weighted by Gasteiger charge is -2.40. The molecule has 1 fully saturated rings. The van der Waals surface area contributed by atoms with Gasteiger partial charge in [0, 0.05) is 26.2 Å². The maximum absolute atomic E-state index is 14.6. The molecule has 2 amide bonds. The number of nitrogens with zero attached hydrogens (tertiary/aromatic N) is 2. The number of aliphatic hydroxyl groups is 2. The van der Waals surface area contributed by atoms with Crippen molar-refractivity contribution in [1.82, 2.24) is 15.1 Å². The van der Waals surface area contributed by atoms with Crippen LogP contribution in [0.4, 0.5) is 24.5 Å². The second-order valence-corrected chi connectivity index (χ2v) is 8.09. The lowest BCUT2D eigenvalue weighted by Crippen LogP contribution is -2.62. The Bertz CT molecular complexity index is 1040. The number of halogens is 3. The fourth-order valence-corrected chi connectivity index (χ4v) is 3.64. The Hall–Kier alpha value is -3.15. The van der Waals surface area contributed by atoms with E-state index in [1.54, 1.807) is 17.9 Å². The van der Waals surface area contributed by atoms with Crippen LogP contribution in [0.25, 0.3) is 0 Å². The van der Waals surface area contributed by atoms with Gasteiger partial charge in [-0.2, -0.15) is 0 Å². The van der Waals surface area contributed by atoms with Gasteiger partial charge in [0.15, 0.2) is 11.6 Å². The molecule has 2 aromatic carbocycles. The first kappa shape index (κ1) is 29.1. The second kappa shape index (κ2) is 13.8. The number of aliphatic hydroxyl groups excluding tert-OH is 2. The third kappa shape index (κ3) is 7.42. The summed E-state index contributed by atoms with van der Waals surface area (Å²) in [6.07, 6.45) is 0. The van der Waals surface area contributed by atoms with Crippen LogP contribution in [0.3, 0.4) is 0 Å². The summed E-state index contributed by atoms with van der Waals surface area (Å²) in [4.78, 5) is 28.1. The fraction of sp³-hybridized carbons (Fsp3) is 0.440. The number of nitrogens with one attached hydrogen (secondary N) is 2. The summed E-state index contributed by atoms with van der Waals surface area (Å²) < 4.78 is 42.7. The molecule has 0 spiro atoms. The zero-order chi connectivity index (χ0) is 26.8. The van der Waals surface area contributed by atoms with E-state index in [1.165, 1.54) is 17.0 Å². The Morgan fingerprint density at radius 1 is 1.03 bits per heavy atom. The highest BCUT2D eigenvalue weighted by molar-refractivity contribution is 6.01. The summed E-state index contributed by atoms with van der Waals surface area (Å²) in [6.45, 7) is 6.12. The number of carbonyl (C=O) groups excluding carboxylic acids is 2.